The summed E-state index contributed by atoms with van der Waals surface area (Å²) in [6, 6.07) is 6.06. The fraction of sp³-hybridized carbons (Fsp3) is 0.444. The SMILES string of the molecule is CCOC(=O)CC1CN(S(=O)(=O)c2cc3cc(/C(N)=N\C(=O)OC)ccc3s2)CCN1C(=O)c1nc2c(s1)CNC(C)C2. The van der Waals surface area contributed by atoms with E-state index in [0.29, 0.717) is 27.2 Å². The van der Waals surface area contributed by atoms with Crippen molar-refractivity contribution in [3.05, 3.63) is 45.4 Å². The Hall–Kier alpha value is -3.44. The molecule has 16 heteroatoms. The number of carbonyl (C=O) groups excluding carboxylic acids is 3. The van der Waals surface area contributed by atoms with Crippen LogP contribution in [0, 0.1) is 0 Å². The van der Waals surface area contributed by atoms with Crippen molar-refractivity contribution in [2.45, 2.75) is 49.5 Å². The first-order valence-electron chi connectivity index (χ1n) is 13.6. The van der Waals surface area contributed by atoms with Crippen molar-refractivity contribution in [2.75, 3.05) is 33.4 Å². The van der Waals surface area contributed by atoms with Crippen molar-refractivity contribution in [1.82, 2.24) is 19.5 Å². The molecule has 2 aromatic heterocycles. The number of fused-ring (bicyclic) bond motifs is 2. The molecule has 0 radical (unpaired) electrons. The number of carbonyl (C=O) groups is 3. The van der Waals surface area contributed by atoms with Gasteiger partial charge in [0.2, 0.25) is 0 Å². The zero-order chi connectivity index (χ0) is 30.9. The van der Waals surface area contributed by atoms with Gasteiger partial charge < -0.3 is 25.4 Å². The normalized spacial score (nSPS) is 19.7. The molecule has 1 fully saturated rings. The zero-order valence-corrected chi connectivity index (χ0v) is 26.3. The molecule has 2 aliphatic rings. The smallest absolute Gasteiger partial charge is 0.435 e. The van der Waals surface area contributed by atoms with E-state index < -0.39 is 28.1 Å². The van der Waals surface area contributed by atoms with E-state index in [1.165, 1.54) is 28.8 Å². The molecular formula is C27H32N6O7S3. The molecule has 3 N–H and O–H groups in total. The van der Waals surface area contributed by atoms with Crippen LogP contribution in [-0.4, -0.2) is 91.8 Å². The molecule has 1 saturated heterocycles. The van der Waals surface area contributed by atoms with Gasteiger partial charge in [-0.15, -0.1) is 22.7 Å². The molecule has 0 saturated carbocycles. The lowest BCUT2D eigenvalue weighted by Crippen LogP contribution is -2.57. The predicted molar refractivity (Wildman–Crippen MR) is 162 cm³/mol. The van der Waals surface area contributed by atoms with Crippen molar-refractivity contribution < 1.29 is 32.3 Å². The van der Waals surface area contributed by atoms with Gasteiger partial charge in [-0.3, -0.25) is 9.59 Å². The van der Waals surface area contributed by atoms with Crippen LogP contribution in [0.3, 0.4) is 0 Å². The minimum absolute atomic E-state index is 0.0509. The van der Waals surface area contributed by atoms with Crippen LogP contribution in [0.25, 0.3) is 10.1 Å². The largest absolute Gasteiger partial charge is 0.466 e. The standard InChI is InChI=1S/C27H32N6O7S3/c1-4-40-22(34)12-18-14-32(7-8-33(18)26(35)25-30-19-9-15(2)29-13-21(19)42-25)43(37,38)23-11-17-10-16(5-6-20(17)41-23)24(28)31-27(36)39-3/h5-6,10-11,15,18,29H,4,7-9,12-14H2,1-3H3,(H2,28,31,36). The van der Waals surface area contributed by atoms with Crippen molar-refractivity contribution >= 4 is 66.6 Å². The maximum Gasteiger partial charge on any atom is 0.435 e. The first kappa shape index (κ1) is 31.0. The fourth-order valence-corrected chi connectivity index (χ4v) is 9.06. The van der Waals surface area contributed by atoms with Crippen LogP contribution < -0.4 is 11.1 Å². The van der Waals surface area contributed by atoms with E-state index in [0.717, 1.165) is 28.3 Å². The number of thiophene rings is 1. The van der Waals surface area contributed by atoms with Gasteiger partial charge in [0.25, 0.3) is 15.9 Å². The number of nitrogens with zero attached hydrogens (tertiary/aromatic N) is 4. The second-order valence-corrected chi connectivity index (χ2v) is 14.5. The number of amidine groups is 1. The summed E-state index contributed by atoms with van der Waals surface area (Å²) < 4.78 is 39.4. The maximum absolute atomic E-state index is 13.8. The number of piperazine rings is 1. The first-order valence-corrected chi connectivity index (χ1v) is 16.7. The molecule has 2 aliphatic heterocycles. The van der Waals surface area contributed by atoms with Crippen molar-refractivity contribution in [2.24, 2.45) is 10.7 Å². The number of nitrogens with one attached hydrogen (secondary N) is 1. The third-order valence-electron chi connectivity index (χ3n) is 7.26. The van der Waals surface area contributed by atoms with Gasteiger partial charge in [0, 0.05) is 53.8 Å². The highest BCUT2D eigenvalue weighted by molar-refractivity contribution is 7.91. The number of aliphatic imine (C=N–C) groups is 1. The van der Waals surface area contributed by atoms with Crippen molar-refractivity contribution in [1.29, 1.82) is 0 Å². The monoisotopic (exact) mass is 648 g/mol. The zero-order valence-electron chi connectivity index (χ0n) is 23.9. The average Bonchev–Trinajstić information content (AvgIpc) is 3.61. The summed E-state index contributed by atoms with van der Waals surface area (Å²) in [6.45, 7) is 4.63. The highest BCUT2D eigenvalue weighted by atomic mass is 32.2. The minimum Gasteiger partial charge on any atom is -0.466 e. The van der Waals surface area contributed by atoms with E-state index in [1.54, 1.807) is 30.0 Å². The lowest BCUT2D eigenvalue weighted by molar-refractivity contribution is -0.144. The van der Waals surface area contributed by atoms with Crippen LogP contribution in [0.4, 0.5) is 4.79 Å². The molecule has 0 spiro atoms. The molecule has 5 rings (SSSR count). The Morgan fingerprint density at radius 3 is 2.74 bits per heavy atom. The lowest BCUT2D eigenvalue weighted by atomic mass is 10.1. The summed E-state index contributed by atoms with van der Waals surface area (Å²) in [4.78, 5) is 48.5. The fourth-order valence-electron chi connectivity index (χ4n) is 5.07. The molecule has 0 bridgehead atoms. The summed E-state index contributed by atoms with van der Waals surface area (Å²) in [5.74, 6) is -0.889. The quantitative estimate of drug-likeness (QED) is 0.220. The number of aromatic nitrogens is 1. The first-order chi connectivity index (χ1) is 20.5. The third kappa shape index (κ3) is 6.57. The Bertz CT molecular complexity index is 1700. The Labute approximate surface area is 256 Å². The van der Waals surface area contributed by atoms with Crippen LogP contribution in [0.5, 0.6) is 0 Å². The van der Waals surface area contributed by atoms with E-state index in [2.05, 4.69) is 27.0 Å². The number of ether oxygens (including phenoxy) is 2. The van der Waals surface area contributed by atoms with E-state index in [1.807, 2.05) is 0 Å². The van der Waals surface area contributed by atoms with Gasteiger partial charge in [0.1, 0.15) is 10.0 Å². The average molecular weight is 649 g/mol. The summed E-state index contributed by atoms with van der Waals surface area (Å²) in [5.41, 5.74) is 7.25. The number of hydrogen-bond donors (Lipinski definition) is 2. The molecule has 2 amide bonds. The molecule has 3 aromatic rings. The van der Waals surface area contributed by atoms with E-state index >= 15 is 0 Å². The highest BCUT2D eigenvalue weighted by Gasteiger charge is 2.39. The molecule has 230 valence electrons. The predicted octanol–water partition coefficient (Wildman–Crippen LogP) is 2.33. The summed E-state index contributed by atoms with van der Waals surface area (Å²) >= 11 is 2.42. The van der Waals surface area contributed by atoms with E-state index in [-0.39, 0.29) is 54.7 Å². The number of esters is 1. The topological polar surface area (TPSA) is 174 Å². The van der Waals surface area contributed by atoms with Gasteiger partial charge in [-0.1, -0.05) is 0 Å². The van der Waals surface area contributed by atoms with Crippen LogP contribution in [0.2, 0.25) is 0 Å². The number of nitrogens with two attached hydrogens (primary N) is 1. The summed E-state index contributed by atoms with van der Waals surface area (Å²) in [6.07, 6.45) is -0.273. The molecule has 4 heterocycles. The number of sulfonamides is 1. The minimum atomic E-state index is -3.98. The number of thiazole rings is 1. The van der Waals surface area contributed by atoms with Crippen LogP contribution >= 0.6 is 22.7 Å². The van der Waals surface area contributed by atoms with Crippen molar-refractivity contribution in [3.63, 3.8) is 0 Å². The van der Waals surface area contributed by atoms with Crippen LogP contribution in [0.15, 0.2) is 33.5 Å². The number of benzene rings is 1. The number of rotatable bonds is 7. The van der Waals surface area contributed by atoms with Crippen molar-refractivity contribution in [3.8, 4) is 0 Å². The summed E-state index contributed by atoms with van der Waals surface area (Å²) in [7, 11) is -2.79. The maximum atomic E-state index is 13.8. The van der Waals surface area contributed by atoms with Crippen LogP contribution in [-0.2, 0) is 37.3 Å². The second kappa shape index (κ2) is 12.7. The van der Waals surface area contributed by atoms with Gasteiger partial charge in [-0.05, 0) is 43.5 Å². The molecule has 2 atom stereocenters. The van der Waals surface area contributed by atoms with Crippen LogP contribution in [0.1, 0.15) is 46.2 Å². The van der Waals surface area contributed by atoms with Gasteiger partial charge in [0.05, 0.1) is 31.9 Å². The Balaban J connectivity index is 1.39. The Morgan fingerprint density at radius 2 is 2.00 bits per heavy atom. The molecule has 2 unspecified atom stereocenters. The molecular weight excluding hydrogens is 617 g/mol. The van der Waals surface area contributed by atoms with Gasteiger partial charge in [-0.25, -0.2) is 18.2 Å². The number of hydrogen-bond acceptors (Lipinski definition) is 11. The number of amides is 2. The molecule has 0 aliphatic carbocycles. The van der Waals surface area contributed by atoms with E-state index in [9.17, 15) is 22.8 Å². The molecule has 1 aromatic carbocycles. The molecule has 43 heavy (non-hydrogen) atoms. The third-order valence-corrected chi connectivity index (χ3v) is 11.8. The summed E-state index contributed by atoms with van der Waals surface area (Å²) in [5, 5.41) is 4.31. The van der Waals surface area contributed by atoms with Gasteiger partial charge in [-0.2, -0.15) is 9.30 Å². The van der Waals surface area contributed by atoms with Gasteiger partial charge in [0.15, 0.2) is 5.01 Å². The van der Waals surface area contributed by atoms with Gasteiger partial charge >= 0.3 is 12.1 Å². The number of methoxy groups -OCH3 is 1. The van der Waals surface area contributed by atoms with E-state index in [4.69, 9.17) is 10.5 Å². The Kier molecular flexibility index (Phi) is 9.12. The molecule has 13 nitrogen and oxygen atoms in total. The Morgan fingerprint density at radius 1 is 1.21 bits per heavy atom. The second-order valence-electron chi connectivity index (χ2n) is 10.2. The lowest BCUT2D eigenvalue weighted by Gasteiger charge is -2.39. The highest BCUT2D eigenvalue weighted by Crippen LogP contribution is 2.33.